The first-order valence-corrected chi connectivity index (χ1v) is 8.78. The Bertz CT molecular complexity index is 1180. The summed E-state index contributed by atoms with van der Waals surface area (Å²) in [5, 5.41) is 28.2. The van der Waals surface area contributed by atoms with Crippen LogP contribution in [0.25, 0.3) is 10.9 Å². The van der Waals surface area contributed by atoms with E-state index < -0.39 is 0 Å². The average molecular weight is 407 g/mol. The maximum atomic E-state index is 10.2. The lowest BCUT2D eigenvalue weighted by atomic mass is 10.2. The Balaban J connectivity index is 0.00000240. The van der Waals surface area contributed by atoms with Crippen molar-refractivity contribution in [1.82, 2.24) is 4.68 Å². The van der Waals surface area contributed by atoms with Gasteiger partial charge in [0, 0.05) is 0 Å². The molecule has 8 heteroatoms. The predicted molar refractivity (Wildman–Crippen MR) is 107 cm³/mol. The molecular weight excluding hydrogens is 388 g/mol. The number of rotatable bonds is 4. The van der Waals surface area contributed by atoms with E-state index in [2.05, 4.69) is 20.5 Å². The van der Waals surface area contributed by atoms with Crippen molar-refractivity contribution >= 4 is 33.7 Å². The molecule has 7 nitrogen and oxygen atoms in total. The number of aromatic hydroxyl groups is 1. The van der Waals surface area contributed by atoms with Crippen LogP contribution in [0.3, 0.4) is 0 Å². The van der Waals surface area contributed by atoms with Crippen molar-refractivity contribution in [2.75, 3.05) is 0 Å². The van der Waals surface area contributed by atoms with Gasteiger partial charge >= 0.3 is 0 Å². The van der Waals surface area contributed by atoms with Gasteiger partial charge in [0.05, 0.1) is 29.5 Å². The second-order valence-corrected chi connectivity index (χ2v) is 6.35. The molecule has 0 saturated carbocycles. The topological polar surface area (TPSA) is 78.5 Å². The average Bonchev–Trinajstić information content (AvgIpc) is 3.01. The highest BCUT2D eigenvalue weighted by Gasteiger charge is 2.16. The van der Waals surface area contributed by atoms with Crippen molar-refractivity contribution in [3.8, 4) is 5.75 Å². The first-order valence-electron chi connectivity index (χ1n) is 8.78. The highest BCUT2D eigenvalue weighted by atomic mass is 35.5. The van der Waals surface area contributed by atoms with Crippen LogP contribution in [0.1, 0.15) is 0 Å². The molecule has 0 unspecified atom stereocenters. The van der Waals surface area contributed by atoms with E-state index in [-0.39, 0.29) is 18.2 Å². The van der Waals surface area contributed by atoms with E-state index in [0.717, 1.165) is 22.3 Å². The number of halogens is 1. The number of fused-ring (bicyclic) bond motifs is 1. The van der Waals surface area contributed by atoms with Crippen molar-refractivity contribution in [2.45, 2.75) is 0 Å². The van der Waals surface area contributed by atoms with Gasteiger partial charge in [0.15, 0.2) is 12.7 Å². The van der Waals surface area contributed by atoms with Crippen LogP contribution in [-0.2, 0) is 14.1 Å². The molecule has 4 aromatic rings. The van der Waals surface area contributed by atoms with Gasteiger partial charge in [-0.1, -0.05) is 18.2 Å². The molecule has 0 spiro atoms. The number of phenolic OH excluding ortho intramolecular Hbond substituents is 1. The number of phenols is 1. The van der Waals surface area contributed by atoms with Crippen molar-refractivity contribution in [2.24, 2.45) is 34.6 Å². The van der Waals surface area contributed by atoms with Crippen molar-refractivity contribution in [3.63, 3.8) is 0 Å². The van der Waals surface area contributed by atoms with Gasteiger partial charge in [-0.05, 0) is 48.5 Å². The lowest BCUT2D eigenvalue weighted by molar-refractivity contribution is -0.748. The molecule has 29 heavy (non-hydrogen) atoms. The summed E-state index contributed by atoms with van der Waals surface area (Å²) in [5.74, 6) is 0.0892. The molecule has 4 rings (SSSR count). The molecule has 0 saturated heterocycles. The molecule has 0 fully saturated rings. The second kappa shape index (κ2) is 8.62. The molecule has 1 N–H and O–H groups in total. The van der Waals surface area contributed by atoms with Crippen LogP contribution < -0.4 is 17.1 Å². The van der Waals surface area contributed by atoms with E-state index in [4.69, 9.17) is 0 Å². The van der Waals surface area contributed by atoms with Gasteiger partial charge in [0.2, 0.25) is 6.20 Å². The molecule has 0 aliphatic carbocycles. The van der Waals surface area contributed by atoms with Crippen molar-refractivity contribution < 1.29 is 22.2 Å². The minimum Gasteiger partial charge on any atom is -1.00 e. The Morgan fingerprint density at radius 1 is 0.759 bits per heavy atom. The third-order valence-electron chi connectivity index (χ3n) is 4.44. The predicted octanol–water partition coefficient (Wildman–Crippen LogP) is 2.54. The Morgan fingerprint density at radius 3 is 1.93 bits per heavy atom. The Morgan fingerprint density at radius 2 is 1.31 bits per heavy atom. The van der Waals surface area contributed by atoms with Gasteiger partial charge in [0.25, 0.3) is 0 Å². The third kappa shape index (κ3) is 4.30. The maximum absolute atomic E-state index is 10.2. The summed E-state index contributed by atoms with van der Waals surface area (Å²) in [4.78, 5) is 0. The Kier molecular flexibility index (Phi) is 5.99. The summed E-state index contributed by atoms with van der Waals surface area (Å²) in [6.07, 6.45) is 1.97. The van der Waals surface area contributed by atoms with Gasteiger partial charge in [-0.25, -0.2) is 0 Å². The fourth-order valence-electron chi connectivity index (χ4n) is 2.88. The van der Waals surface area contributed by atoms with Crippen LogP contribution in [-0.4, -0.2) is 9.79 Å². The monoisotopic (exact) mass is 406 g/mol. The Labute approximate surface area is 174 Å². The number of hydrogen-bond donors (Lipinski definition) is 1. The summed E-state index contributed by atoms with van der Waals surface area (Å²) >= 11 is 0. The first-order chi connectivity index (χ1) is 13.6. The zero-order chi connectivity index (χ0) is 19.5. The van der Waals surface area contributed by atoms with Crippen LogP contribution in [0.15, 0.2) is 93.4 Å². The fraction of sp³-hybridized carbons (Fsp3) is 0.0952. The maximum Gasteiger partial charge on any atom is 0.203 e. The largest absolute Gasteiger partial charge is 1.00 e. The zero-order valence-electron chi connectivity index (χ0n) is 15.9. The van der Waals surface area contributed by atoms with E-state index in [9.17, 15) is 5.11 Å². The van der Waals surface area contributed by atoms with Gasteiger partial charge in [-0.3, -0.25) is 0 Å². The van der Waals surface area contributed by atoms with Crippen LogP contribution in [0, 0.1) is 0 Å². The van der Waals surface area contributed by atoms with E-state index in [0.29, 0.717) is 11.4 Å². The highest BCUT2D eigenvalue weighted by Crippen LogP contribution is 2.35. The molecule has 0 bridgehead atoms. The summed E-state index contributed by atoms with van der Waals surface area (Å²) < 4.78 is 3.84. The number of nitrogens with zero attached hydrogens (tertiary/aromatic N) is 6. The third-order valence-corrected chi connectivity index (χ3v) is 4.44. The van der Waals surface area contributed by atoms with Crippen LogP contribution in [0.2, 0.25) is 0 Å². The molecule has 1 heterocycles. The summed E-state index contributed by atoms with van der Waals surface area (Å²) in [6, 6.07) is 20.3. The normalized spacial score (nSPS) is 11.4. The lowest BCUT2D eigenvalue weighted by Crippen LogP contribution is -3.00. The van der Waals surface area contributed by atoms with E-state index in [1.165, 1.54) is 0 Å². The summed E-state index contributed by atoms with van der Waals surface area (Å²) in [7, 11) is 3.84. The lowest BCUT2D eigenvalue weighted by Gasteiger charge is -2.00. The number of azo groups is 2. The zero-order valence-corrected chi connectivity index (χ0v) is 16.7. The van der Waals surface area contributed by atoms with Gasteiger partial charge < -0.3 is 17.5 Å². The van der Waals surface area contributed by atoms with Gasteiger partial charge in [-0.2, -0.15) is 20.0 Å². The van der Waals surface area contributed by atoms with E-state index in [1.807, 2.05) is 90.3 Å². The number of aromatic nitrogens is 2. The molecule has 146 valence electrons. The van der Waals surface area contributed by atoms with Gasteiger partial charge in [0.1, 0.15) is 11.3 Å². The Hall–Kier alpha value is -3.58. The molecule has 0 aliphatic rings. The number of aryl methyl sites for hydroxylation is 2. The van der Waals surface area contributed by atoms with E-state index >= 15 is 0 Å². The molecule has 1 aromatic heterocycles. The van der Waals surface area contributed by atoms with Crippen molar-refractivity contribution in [3.05, 3.63) is 72.9 Å². The van der Waals surface area contributed by atoms with Gasteiger partial charge in [-0.15, -0.1) is 9.80 Å². The standard InChI is InChI=1S/C21H18N6O.ClH/c1-26-14-15-8-13-19(28)20(21(15)27(26)2)25-24-18-11-9-17(10-12-18)23-22-16-6-4-3-5-7-16;/h3-14H,1-2H3;1H. The second-order valence-electron chi connectivity index (χ2n) is 6.35. The molecule has 0 aliphatic heterocycles. The quantitative estimate of drug-likeness (QED) is 0.410. The minimum absolute atomic E-state index is 0. The number of hydrogen-bond acceptors (Lipinski definition) is 5. The summed E-state index contributed by atoms with van der Waals surface area (Å²) in [6.45, 7) is 0. The van der Waals surface area contributed by atoms with Crippen molar-refractivity contribution in [1.29, 1.82) is 0 Å². The van der Waals surface area contributed by atoms with Crippen LogP contribution in [0.4, 0.5) is 22.7 Å². The molecule has 3 aromatic carbocycles. The number of benzene rings is 3. The molecule has 0 amide bonds. The summed E-state index contributed by atoms with van der Waals surface area (Å²) in [5.41, 5.74) is 3.44. The smallest absolute Gasteiger partial charge is 0.203 e. The molecule has 0 atom stereocenters. The molecular formula is C21H19ClN6O. The molecule has 0 radical (unpaired) electrons. The SMILES string of the molecule is Cn1c2c(N=Nc3ccc(N=Nc4ccccc4)cc3)c(O)ccc2c[n+]1C.[Cl-]. The van der Waals surface area contributed by atoms with Crippen LogP contribution >= 0.6 is 0 Å². The minimum atomic E-state index is 0. The van der Waals surface area contributed by atoms with E-state index in [1.54, 1.807) is 6.07 Å². The van der Waals surface area contributed by atoms with Crippen LogP contribution in [0.5, 0.6) is 5.75 Å². The first kappa shape index (κ1) is 20.2. The highest BCUT2D eigenvalue weighted by molar-refractivity contribution is 5.91. The fourth-order valence-corrected chi connectivity index (χ4v) is 2.88.